The van der Waals surface area contributed by atoms with Crippen LogP contribution in [0.4, 0.5) is 14.5 Å². The van der Waals surface area contributed by atoms with Gasteiger partial charge in [-0.25, -0.2) is 8.78 Å². The Bertz CT molecular complexity index is 562. The summed E-state index contributed by atoms with van der Waals surface area (Å²) in [5, 5.41) is 9.53. The first-order valence-corrected chi connectivity index (χ1v) is 6.20. The number of nitrogens with zero attached hydrogens (tertiary/aromatic N) is 2. The fourth-order valence-electron chi connectivity index (χ4n) is 2.31. The van der Waals surface area contributed by atoms with E-state index in [0.29, 0.717) is 24.3 Å². The van der Waals surface area contributed by atoms with Crippen molar-refractivity contribution in [3.8, 4) is 11.1 Å². The van der Waals surface area contributed by atoms with Gasteiger partial charge in [0.25, 0.3) is 0 Å². The molecule has 19 heavy (non-hydrogen) atoms. The summed E-state index contributed by atoms with van der Waals surface area (Å²) < 4.78 is 28.3. The van der Waals surface area contributed by atoms with Crippen LogP contribution in [-0.2, 0) is 0 Å². The molecule has 0 amide bonds. The van der Waals surface area contributed by atoms with Gasteiger partial charge in [0.2, 0.25) is 0 Å². The van der Waals surface area contributed by atoms with Crippen molar-refractivity contribution in [2.24, 2.45) is 0 Å². The molecule has 1 saturated heterocycles. The second-order valence-electron chi connectivity index (χ2n) is 4.48. The molecule has 1 fully saturated rings. The van der Waals surface area contributed by atoms with E-state index in [9.17, 15) is 8.78 Å². The normalized spacial score (nSPS) is 15.8. The SMILES string of the molecule is Fc1c(-c2cn[nH]c2)ccc(N2CCNCC2)c1F. The summed E-state index contributed by atoms with van der Waals surface area (Å²) in [7, 11) is 0. The zero-order valence-corrected chi connectivity index (χ0v) is 10.3. The summed E-state index contributed by atoms with van der Waals surface area (Å²) in [6.45, 7) is 2.93. The third kappa shape index (κ3) is 2.19. The maximum absolute atomic E-state index is 14.2. The highest BCUT2D eigenvalue weighted by Gasteiger charge is 2.20. The molecule has 0 unspecified atom stereocenters. The van der Waals surface area contributed by atoms with Gasteiger partial charge < -0.3 is 10.2 Å². The number of piperazine rings is 1. The maximum atomic E-state index is 14.2. The zero-order valence-electron chi connectivity index (χ0n) is 10.3. The molecule has 0 spiro atoms. The minimum absolute atomic E-state index is 0.227. The van der Waals surface area contributed by atoms with E-state index in [1.165, 1.54) is 6.20 Å². The topological polar surface area (TPSA) is 44.0 Å². The molecule has 1 aliphatic heterocycles. The average molecular weight is 264 g/mol. The van der Waals surface area contributed by atoms with Crippen molar-refractivity contribution in [3.05, 3.63) is 36.2 Å². The molecule has 2 N–H and O–H groups in total. The lowest BCUT2D eigenvalue weighted by Crippen LogP contribution is -2.44. The monoisotopic (exact) mass is 264 g/mol. The highest BCUT2D eigenvalue weighted by atomic mass is 19.2. The Labute approximate surface area is 109 Å². The molecule has 3 rings (SSSR count). The predicted molar refractivity (Wildman–Crippen MR) is 69.0 cm³/mol. The van der Waals surface area contributed by atoms with Crippen LogP contribution in [0.15, 0.2) is 24.5 Å². The fourth-order valence-corrected chi connectivity index (χ4v) is 2.31. The van der Waals surface area contributed by atoms with Crippen molar-refractivity contribution in [2.45, 2.75) is 0 Å². The molecule has 6 heteroatoms. The largest absolute Gasteiger partial charge is 0.367 e. The lowest BCUT2D eigenvalue weighted by Gasteiger charge is -2.29. The Balaban J connectivity index is 1.98. The fraction of sp³-hybridized carbons (Fsp3) is 0.308. The molecule has 2 heterocycles. The van der Waals surface area contributed by atoms with E-state index >= 15 is 0 Å². The van der Waals surface area contributed by atoms with Gasteiger partial charge in [-0.05, 0) is 12.1 Å². The van der Waals surface area contributed by atoms with Crippen molar-refractivity contribution in [2.75, 3.05) is 31.1 Å². The molecule has 0 radical (unpaired) electrons. The van der Waals surface area contributed by atoms with Crippen LogP contribution in [0.2, 0.25) is 0 Å². The molecule has 0 saturated carbocycles. The molecule has 1 aliphatic rings. The molecule has 0 atom stereocenters. The average Bonchev–Trinajstić information content (AvgIpc) is 2.97. The van der Waals surface area contributed by atoms with E-state index in [1.807, 2.05) is 4.90 Å². The summed E-state index contributed by atoms with van der Waals surface area (Å²) in [5.41, 5.74) is 1.10. The van der Waals surface area contributed by atoms with Crippen LogP contribution in [0.1, 0.15) is 0 Å². The number of aromatic nitrogens is 2. The second-order valence-corrected chi connectivity index (χ2v) is 4.48. The van der Waals surface area contributed by atoms with Gasteiger partial charge in [-0.15, -0.1) is 0 Å². The molecule has 1 aromatic carbocycles. The van der Waals surface area contributed by atoms with Crippen molar-refractivity contribution >= 4 is 5.69 Å². The number of rotatable bonds is 2. The van der Waals surface area contributed by atoms with E-state index in [0.717, 1.165) is 13.1 Å². The molecule has 0 bridgehead atoms. The molecular weight excluding hydrogens is 250 g/mol. The third-order valence-electron chi connectivity index (χ3n) is 3.33. The lowest BCUT2D eigenvalue weighted by atomic mass is 10.1. The molecule has 4 nitrogen and oxygen atoms in total. The molecule has 0 aliphatic carbocycles. The van der Waals surface area contributed by atoms with Gasteiger partial charge in [0.05, 0.1) is 11.9 Å². The Morgan fingerprint density at radius 2 is 1.89 bits per heavy atom. The number of nitrogens with one attached hydrogen (secondary N) is 2. The van der Waals surface area contributed by atoms with Gasteiger partial charge in [0, 0.05) is 43.5 Å². The third-order valence-corrected chi connectivity index (χ3v) is 3.33. The van der Waals surface area contributed by atoms with Gasteiger partial charge in [-0.3, -0.25) is 5.10 Å². The van der Waals surface area contributed by atoms with Gasteiger partial charge in [0.15, 0.2) is 11.6 Å². The summed E-state index contributed by atoms with van der Waals surface area (Å²) in [6.07, 6.45) is 3.02. The first kappa shape index (κ1) is 12.1. The lowest BCUT2D eigenvalue weighted by molar-refractivity contribution is 0.501. The summed E-state index contributed by atoms with van der Waals surface area (Å²) in [5.74, 6) is -1.61. The standard InChI is InChI=1S/C13H14F2N4/c14-12-10(9-7-17-18-8-9)1-2-11(13(12)15)19-5-3-16-4-6-19/h1-2,7-8,16H,3-6H2,(H,17,18). The first-order valence-electron chi connectivity index (χ1n) is 6.20. The molecule has 1 aromatic heterocycles. The highest BCUT2D eigenvalue weighted by molar-refractivity contribution is 5.66. The summed E-state index contributed by atoms with van der Waals surface area (Å²) >= 11 is 0. The van der Waals surface area contributed by atoms with Gasteiger partial charge >= 0.3 is 0 Å². The summed E-state index contributed by atoms with van der Waals surface area (Å²) in [6, 6.07) is 3.23. The minimum atomic E-state index is -0.822. The van der Waals surface area contributed by atoms with E-state index < -0.39 is 11.6 Å². The number of H-pyrrole nitrogens is 1. The van der Waals surface area contributed by atoms with Crippen molar-refractivity contribution in [1.82, 2.24) is 15.5 Å². The van der Waals surface area contributed by atoms with Crippen LogP contribution in [0.3, 0.4) is 0 Å². The Morgan fingerprint density at radius 3 is 2.58 bits per heavy atom. The van der Waals surface area contributed by atoms with Gasteiger partial charge in [-0.2, -0.15) is 5.10 Å². The van der Waals surface area contributed by atoms with E-state index in [-0.39, 0.29) is 5.56 Å². The van der Waals surface area contributed by atoms with Crippen molar-refractivity contribution < 1.29 is 8.78 Å². The molecule has 2 aromatic rings. The minimum Gasteiger partial charge on any atom is -0.367 e. The van der Waals surface area contributed by atoms with Crippen LogP contribution >= 0.6 is 0 Å². The number of aromatic amines is 1. The molecule has 100 valence electrons. The highest BCUT2D eigenvalue weighted by Crippen LogP contribution is 2.30. The van der Waals surface area contributed by atoms with E-state index in [2.05, 4.69) is 15.5 Å². The Morgan fingerprint density at radius 1 is 1.11 bits per heavy atom. The Kier molecular flexibility index (Phi) is 3.16. The second kappa shape index (κ2) is 4.97. The van der Waals surface area contributed by atoms with Crippen molar-refractivity contribution in [1.29, 1.82) is 0 Å². The first-order chi connectivity index (χ1) is 9.27. The molecular formula is C13H14F2N4. The number of benzene rings is 1. The quantitative estimate of drug-likeness (QED) is 0.868. The van der Waals surface area contributed by atoms with E-state index in [4.69, 9.17) is 0 Å². The van der Waals surface area contributed by atoms with Crippen LogP contribution in [-0.4, -0.2) is 36.4 Å². The van der Waals surface area contributed by atoms with E-state index in [1.54, 1.807) is 18.3 Å². The van der Waals surface area contributed by atoms with Crippen molar-refractivity contribution in [3.63, 3.8) is 0 Å². The van der Waals surface area contributed by atoms with Crippen LogP contribution < -0.4 is 10.2 Å². The smallest absolute Gasteiger partial charge is 0.182 e. The van der Waals surface area contributed by atoms with Crippen LogP contribution in [0.25, 0.3) is 11.1 Å². The van der Waals surface area contributed by atoms with Gasteiger partial charge in [-0.1, -0.05) is 0 Å². The predicted octanol–water partition coefficient (Wildman–Crippen LogP) is 1.76. The summed E-state index contributed by atoms with van der Waals surface area (Å²) in [4.78, 5) is 1.86. The number of hydrogen-bond acceptors (Lipinski definition) is 3. The van der Waals surface area contributed by atoms with Crippen LogP contribution in [0.5, 0.6) is 0 Å². The van der Waals surface area contributed by atoms with Crippen LogP contribution in [0, 0.1) is 11.6 Å². The maximum Gasteiger partial charge on any atom is 0.182 e. The number of hydrogen-bond donors (Lipinski definition) is 2. The zero-order chi connectivity index (χ0) is 13.2. The number of anilines is 1. The Hall–Kier alpha value is -1.95. The number of halogens is 2. The van der Waals surface area contributed by atoms with Gasteiger partial charge in [0.1, 0.15) is 0 Å².